The maximum atomic E-state index is 13.0. The second-order valence-corrected chi connectivity index (χ2v) is 8.09. The lowest BCUT2D eigenvalue weighted by Crippen LogP contribution is -2.30. The van der Waals surface area contributed by atoms with Crippen LogP contribution in [-0.4, -0.2) is 32.5 Å². The molecule has 0 saturated heterocycles. The first-order valence-corrected chi connectivity index (χ1v) is 9.81. The predicted molar refractivity (Wildman–Crippen MR) is 96.6 cm³/mol. The molecule has 0 aromatic heterocycles. The minimum Gasteiger partial charge on any atom is -0.486 e. The molecule has 25 heavy (non-hydrogen) atoms. The summed E-state index contributed by atoms with van der Waals surface area (Å²) in [6.07, 6.45) is 0. The number of hydrogen-bond donors (Lipinski definition) is 0. The van der Waals surface area contributed by atoms with Crippen molar-refractivity contribution in [1.29, 1.82) is 0 Å². The number of nitrogens with zero attached hydrogens (tertiary/aromatic N) is 1. The number of rotatable bonds is 5. The zero-order valence-electron chi connectivity index (χ0n) is 14.8. The van der Waals surface area contributed by atoms with Gasteiger partial charge in [-0.3, -0.25) is 0 Å². The Balaban J connectivity index is 1.87. The van der Waals surface area contributed by atoms with E-state index in [0.717, 1.165) is 16.7 Å². The van der Waals surface area contributed by atoms with Gasteiger partial charge in [0.1, 0.15) is 13.2 Å². The molecule has 0 N–H and O–H groups in total. The van der Waals surface area contributed by atoms with Crippen molar-refractivity contribution in [2.45, 2.75) is 32.2 Å². The molecule has 3 rings (SSSR count). The quantitative estimate of drug-likeness (QED) is 0.820. The molecule has 0 spiro atoms. The van der Waals surface area contributed by atoms with E-state index >= 15 is 0 Å². The standard InChI is InChI=1S/C19H23NO4S/c1-4-20(25(21,22)17-7-5-14(2)15(3)11-17)13-16-6-8-18-19(12-16)24-10-9-23-18/h5-8,11-12H,4,9-10,13H2,1-3H3. The van der Waals surface area contributed by atoms with E-state index in [9.17, 15) is 8.42 Å². The van der Waals surface area contributed by atoms with Crippen LogP contribution in [0.1, 0.15) is 23.6 Å². The molecule has 1 heterocycles. The number of aryl methyl sites for hydroxylation is 2. The highest BCUT2D eigenvalue weighted by Gasteiger charge is 2.24. The Morgan fingerprint density at radius 2 is 1.68 bits per heavy atom. The minimum absolute atomic E-state index is 0.294. The van der Waals surface area contributed by atoms with E-state index in [1.165, 1.54) is 4.31 Å². The summed E-state index contributed by atoms with van der Waals surface area (Å²) in [7, 11) is -3.55. The Kier molecular flexibility index (Phi) is 5.01. The molecule has 0 saturated carbocycles. The predicted octanol–water partition coefficient (Wildman–Crippen LogP) is 3.29. The fourth-order valence-electron chi connectivity index (χ4n) is 2.78. The zero-order valence-corrected chi connectivity index (χ0v) is 15.6. The Labute approximate surface area is 149 Å². The van der Waals surface area contributed by atoms with Crippen molar-refractivity contribution in [3.8, 4) is 11.5 Å². The third-order valence-corrected chi connectivity index (χ3v) is 6.35. The van der Waals surface area contributed by atoms with Crippen LogP contribution in [0, 0.1) is 13.8 Å². The smallest absolute Gasteiger partial charge is 0.243 e. The number of ether oxygens (including phenoxy) is 2. The summed E-state index contributed by atoms with van der Waals surface area (Å²) in [5.41, 5.74) is 2.92. The highest BCUT2D eigenvalue weighted by molar-refractivity contribution is 7.89. The fraction of sp³-hybridized carbons (Fsp3) is 0.368. The lowest BCUT2D eigenvalue weighted by Gasteiger charge is -2.23. The first kappa shape index (κ1) is 17.8. The number of sulfonamides is 1. The third-order valence-electron chi connectivity index (χ3n) is 4.43. The maximum Gasteiger partial charge on any atom is 0.243 e. The van der Waals surface area contributed by atoms with Gasteiger partial charge in [-0.15, -0.1) is 0 Å². The van der Waals surface area contributed by atoms with Gasteiger partial charge in [0.15, 0.2) is 11.5 Å². The molecule has 6 heteroatoms. The number of fused-ring (bicyclic) bond motifs is 1. The summed E-state index contributed by atoms with van der Waals surface area (Å²) < 4.78 is 38.6. The van der Waals surface area contributed by atoms with Crippen molar-refractivity contribution < 1.29 is 17.9 Å². The van der Waals surface area contributed by atoms with Gasteiger partial charge in [0.2, 0.25) is 10.0 Å². The van der Waals surface area contributed by atoms with Crippen LogP contribution in [0.4, 0.5) is 0 Å². The van der Waals surface area contributed by atoms with E-state index in [4.69, 9.17) is 9.47 Å². The molecule has 2 aromatic carbocycles. The van der Waals surface area contributed by atoms with Crippen LogP contribution in [0.15, 0.2) is 41.3 Å². The molecule has 0 radical (unpaired) electrons. The molecule has 0 amide bonds. The molecule has 134 valence electrons. The Morgan fingerprint density at radius 3 is 2.36 bits per heavy atom. The van der Waals surface area contributed by atoms with E-state index in [1.54, 1.807) is 12.1 Å². The van der Waals surface area contributed by atoms with Crippen molar-refractivity contribution in [1.82, 2.24) is 4.31 Å². The molecule has 1 aliphatic rings. The Morgan fingerprint density at radius 1 is 0.960 bits per heavy atom. The number of benzene rings is 2. The Bertz CT molecular complexity index is 877. The lowest BCUT2D eigenvalue weighted by atomic mass is 10.1. The molecular weight excluding hydrogens is 338 g/mol. The summed E-state index contributed by atoms with van der Waals surface area (Å²) >= 11 is 0. The topological polar surface area (TPSA) is 55.8 Å². The molecule has 0 fully saturated rings. The summed E-state index contributed by atoms with van der Waals surface area (Å²) in [4.78, 5) is 0.329. The highest BCUT2D eigenvalue weighted by Crippen LogP contribution is 2.31. The lowest BCUT2D eigenvalue weighted by molar-refractivity contribution is 0.171. The monoisotopic (exact) mass is 361 g/mol. The van der Waals surface area contributed by atoms with Crippen LogP contribution in [0.2, 0.25) is 0 Å². The Hall–Kier alpha value is -2.05. The van der Waals surface area contributed by atoms with Gasteiger partial charge < -0.3 is 9.47 Å². The second kappa shape index (κ2) is 7.06. The molecule has 0 atom stereocenters. The van der Waals surface area contributed by atoms with E-state index in [1.807, 2.05) is 45.0 Å². The van der Waals surface area contributed by atoms with Gasteiger partial charge in [0, 0.05) is 13.1 Å². The van der Waals surface area contributed by atoms with Crippen molar-refractivity contribution in [3.05, 3.63) is 53.1 Å². The molecule has 0 bridgehead atoms. The van der Waals surface area contributed by atoms with Crippen molar-refractivity contribution in [3.63, 3.8) is 0 Å². The van der Waals surface area contributed by atoms with Gasteiger partial charge in [0.25, 0.3) is 0 Å². The van der Waals surface area contributed by atoms with Gasteiger partial charge in [-0.1, -0.05) is 19.1 Å². The van der Waals surface area contributed by atoms with Crippen LogP contribution in [0.5, 0.6) is 11.5 Å². The van der Waals surface area contributed by atoms with Crippen LogP contribution < -0.4 is 9.47 Å². The summed E-state index contributed by atoms with van der Waals surface area (Å²) in [5, 5.41) is 0. The minimum atomic E-state index is -3.55. The molecule has 2 aromatic rings. The number of hydrogen-bond acceptors (Lipinski definition) is 4. The summed E-state index contributed by atoms with van der Waals surface area (Å²) in [5.74, 6) is 1.37. The molecule has 1 aliphatic heterocycles. The maximum absolute atomic E-state index is 13.0. The SMILES string of the molecule is CCN(Cc1ccc2c(c1)OCCO2)S(=O)(=O)c1ccc(C)c(C)c1. The van der Waals surface area contributed by atoms with Crippen LogP contribution in [-0.2, 0) is 16.6 Å². The molecule has 0 unspecified atom stereocenters. The van der Waals surface area contributed by atoms with E-state index in [2.05, 4.69) is 0 Å². The van der Waals surface area contributed by atoms with Crippen molar-refractivity contribution in [2.24, 2.45) is 0 Å². The van der Waals surface area contributed by atoms with E-state index in [0.29, 0.717) is 42.7 Å². The zero-order chi connectivity index (χ0) is 18.0. The average Bonchev–Trinajstić information content (AvgIpc) is 2.61. The van der Waals surface area contributed by atoms with Gasteiger partial charge in [0.05, 0.1) is 4.90 Å². The van der Waals surface area contributed by atoms with Gasteiger partial charge in [-0.05, 0) is 54.8 Å². The van der Waals surface area contributed by atoms with E-state index < -0.39 is 10.0 Å². The first-order chi connectivity index (χ1) is 11.9. The van der Waals surface area contributed by atoms with Crippen LogP contribution in [0.3, 0.4) is 0 Å². The second-order valence-electron chi connectivity index (χ2n) is 6.16. The third kappa shape index (κ3) is 3.65. The van der Waals surface area contributed by atoms with Gasteiger partial charge >= 0.3 is 0 Å². The highest BCUT2D eigenvalue weighted by atomic mass is 32.2. The largest absolute Gasteiger partial charge is 0.486 e. The average molecular weight is 361 g/mol. The van der Waals surface area contributed by atoms with Gasteiger partial charge in [-0.2, -0.15) is 4.31 Å². The summed E-state index contributed by atoms with van der Waals surface area (Å²) in [6, 6.07) is 10.8. The fourth-order valence-corrected chi connectivity index (χ4v) is 4.30. The first-order valence-electron chi connectivity index (χ1n) is 8.37. The van der Waals surface area contributed by atoms with E-state index in [-0.39, 0.29) is 0 Å². The van der Waals surface area contributed by atoms with Gasteiger partial charge in [-0.25, -0.2) is 8.42 Å². The van der Waals surface area contributed by atoms with Crippen molar-refractivity contribution in [2.75, 3.05) is 19.8 Å². The van der Waals surface area contributed by atoms with Crippen LogP contribution in [0.25, 0.3) is 0 Å². The molecule has 5 nitrogen and oxygen atoms in total. The summed E-state index contributed by atoms with van der Waals surface area (Å²) in [6.45, 7) is 7.47. The molecule has 0 aliphatic carbocycles. The normalized spacial score (nSPS) is 13.9. The van der Waals surface area contributed by atoms with Crippen molar-refractivity contribution >= 4 is 10.0 Å². The molecular formula is C19H23NO4S. The van der Waals surface area contributed by atoms with Crippen LogP contribution >= 0.6 is 0 Å².